The smallest absolute Gasteiger partial charge is 0.264 e. The lowest BCUT2D eigenvalue weighted by atomic mass is 10.1. The average molecular weight is 526 g/mol. The Labute approximate surface area is 218 Å². The van der Waals surface area contributed by atoms with Gasteiger partial charge in [0, 0.05) is 12.6 Å². The molecule has 0 aliphatic rings. The number of benzene rings is 3. The standard InChI is InChI=1S/C28H32FN3O4S/c1-20(2)30-28(34)22(4)31(18-23-10-6-5-7-11-23)27(33)19-32(26-13-9-8-12-25(26)29)37(35,36)24-16-14-21(3)15-17-24/h5-17,20,22H,18-19H2,1-4H3,(H,30,34). The van der Waals surface area contributed by atoms with E-state index in [1.807, 2.05) is 51.1 Å². The van der Waals surface area contributed by atoms with Gasteiger partial charge in [0.25, 0.3) is 10.0 Å². The van der Waals surface area contributed by atoms with Gasteiger partial charge in [-0.15, -0.1) is 0 Å². The average Bonchev–Trinajstić information content (AvgIpc) is 2.86. The van der Waals surface area contributed by atoms with Gasteiger partial charge in [0.15, 0.2) is 0 Å². The van der Waals surface area contributed by atoms with Crippen LogP contribution in [0.25, 0.3) is 0 Å². The summed E-state index contributed by atoms with van der Waals surface area (Å²) in [6, 6.07) is 19.5. The van der Waals surface area contributed by atoms with E-state index in [9.17, 15) is 22.4 Å². The Morgan fingerprint density at radius 3 is 2.08 bits per heavy atom. The van der Waals surface area contributed by atoms with Crippen LogP contribution in [-0.4, -0.2) is 43.8 Å². The Kier molecular flexibility index (Phi) is 9.04. The molecular weight excluding hydrogens is 493 g/mol. The summed E-state index contributed by atoms with van der Waals surface area (Å²) in [4.78, 5) is 27.8. The first-order valence-electron chi connectivity index (χ1n) is 12.0. The third-order valence-electron chi connectivity index (χ3n) is 5.80. The third kappa shape index (κ3) is 6.95. The molecule has 0 radical (unpaired) electrons. The summed E-state index contributed by atoms with van der Waals surface area (Å²) in [5, 5.41) is 2.79. The highest BCUT2D eigenvalue weighted by Crippen LogP contribution is 2.27. The SMILES string of the molecule is Cc1ccc(S(=O)(=O)N(CC(=O)N(Cc2ccccc2)C(C)C(=O)NC(C)C)c2ccccc2F)cc1. The zero-order valence-corrected chi connectivity index (χ0v) is 22.2. The number of carbonyl (C=O) groups excluding carboxylic acids is 2. The first-order valence-corrected chi connectivity index (χ1v) is 13.4. The van der Waals surface area contributed by atoms with Gasteiger partial charge >= 0.3 is 0 Å². The largest absolute Gasteiger partial charge is 0.352 e. The molecule has 1 N–H and O–H groups in total. The van der Waals surface area contributed by atoms with Crippen molar-refractivity contribution in [1.29, 1.82) is 0 Å². The molecule has 0 bridgehead atoms. The van der Waals surface area contributed by atoms with Gasteiger partial charge in [-0.05, 0) is 57.5 Å². The zero-order valence-electron chi connectivity index (χ0n) is 21.4. The van der Waals surface area contributed by atoms with E-state index in [1.165, 1.54) is 35.2 Å². The summed E-state index contributed by atoms with van der Waals surface area (Å²) in [6.07, 6.45) is 0. The minimum absolute atomic E-state index is 0.0715. The third-order valence-corrected chi connectivity index (χ3v) is 7.58. The molecule has 3 rings (SSSR count). The van der Waals surface area contributed by atoms with Crippen molar-refractivity contribution in [3.63, 3.8) is 0 Å². The van der Waals surface area contributed by atoms with Crippen molar-refractivity contribution in [3.05, 3.63) is 95.8 Å². The molecule has 0 saturated heterocycles. The summed E-state index contributed by atoms with van der Waals surface area (Å²) in [6.45, 7) is 6.40. The number of para-hydroxylation sites is 1. The fourth-order valence-electron chi connectivity index (χ4n) is 3.77. The molecule has 1 unspecified atom stereocenters. The Morgan fingerprint density at radius 1 is 0.892 bits per heavy atom. The molecule has 37 heavy (non-hydrogen) atoms. The second-order valence-corrected chi connectivity index (χ2v) is 11.0. The van der Waals surface area contributed by atoms with Crippen molar-refractivity contribution in [1.82, 2.24) is 10.2 Å². The maximum atomic E-state index is 14.9. The predicted octanol–water partition coefficient (Wildman–Crippen LogP) is 4.27. The van der Waals surface area contributed by atoms with E-state index in [4.69, 9.17) is 0 Å². The quantitative estimate of drug-likeness (QED) is 0.428. The van der Waals surface area contributed by atoms with Crippen molar-refractivity contribution in [2.24, 2.45) is 0 Å². The Bertz CT molecular complexity index is 1330. The van der Waals surface area contributed by atoms with Crippen LogP contribution in [-0.2, 0) is 26.2 Å². The van der Waals surface area contributed by atoms with Crippen LogP contribution < -0.4 is 9.62 Å². The zero-order chi connectivity index (χ0) is 27.2. The van der Waals surface area contributed by atoms with Crippen molar-refractivity contribution >= 4 is 27.5 Å². The first-order chi connectivity index (χ1) is 17.5. The Morgan fingerprint density at radius 2 is 1.49 bits per heavy atom. The normalized spacial score (nSPS) is 12.2. The van der Waals surface area contributed by atoms with E-state index >= 15 is 0 Å². The maximum absolute atomic E-state index is 14.9. The lowest BCUT2D eigenvalue weighted by Gasteiger charge is -2.32. The molecule has 3 aromatic carbocycles. The number of halogens is 1. The number of sulfonamides is 1. The molecule has 3 aromatic rings. The van der Waals surface area contributed by atoms with Gasteiger partial charge in [-0.2, -0.15) is 0 Å². The predicted molar refractivity (Wildman–Crippen MR) is 142 cm³/mol. The van der Waals surface area contributed by atoms with Gasteiger partial charge in [0.1, 0.15) is 18.4 Å². The Hall–Kier alpha value is -3.72. The fraction of sp³-hybridized carbons (Fsp3) is 0.286. The number of hydrogen-bond donors (Lipinski definition) is 1. The van der Waals surface area contributed by atoms with Gasteiger partial charge in [-0.1, -0.05) is 60.2 Å². The van der Waals surface area contributed by atoms with Crippen LogP contribution in [0.2, 0.25) is 0 Å². The molecule has 0 fully saturated rings. The Balaban J connectivity index is 2.03. The van der Waals surface area contributed by atoms with E-state index in [0.717, 1.165) is 21.5 Å². The van der Waals surface area contributed by atoms with Gasteiger partial charge in [0.2, 0.25) is 11.8 Å². The lowest BCUT2D eigenvalue weighted by Crippen LogP contribution is -2.52. The number of nitrogens with zero attached hydrogens (tertiary/aromatic N) is 2. The summed E-state index contributed by atoms with van der Waals surface area (Å²) in [7, 11) is -4.31. The second kappa shape index (κ2) is 12.0. The molecule has 0 aliphatic carbocycles. The monoisotopic (exact) mass is 525 g/mol. The lowest BCUT2D eigenvalue weighted by molar-refractivity contribution is -0.139. The van der Waals surface area contributed by atoms with E-state index in [0.29, 0.717) is 0 Å². The molecule has 0 heterocycles. The molecule has 7 nitrogen and oxygen atoms in total. The summed E-state index contributed by atoms with van der Waals surface area (Å²) >= 11 is 0. The van der Waals surface area contributed by atoms with Crippen LogP contribution in [0.3, 0.4) is 0 Å². The van der Waals surface area contributed by atoms with Crippen LogP contribution >= 0.6 is 0 Å². The van der Waals surface area contributed by atoms with Crippen molar-refractivity contribution < 1.29 is 22.4 Å². The minimum atomic E-state index is -4.31. The van der Waals surface area contributed by atoms with Gasteiger partial charge in [-0.3, -0.25) is 13.9 Å². The number of rotatable bonds is 10. The second-order valence-electron chi connectivity index (χ2n) is 9.12. The molecule has 0 saturated carbocycles. The molecule has 9 heteroatoms. The number of aryl methyl sites for hydroxylation is 1. The van der Waals surface area contributed by atoms with E-state index in [1.54, 1.807) is 19.1 Å². The van der Waals surface area contributed by atoms with Crippen LogP contribution in [0.15, 0.2) is 83.8 Å². The summed E-state index contributed by atoms with van der Waals surface area (Å²) < 4.78 is 43.0. The molecule has 0 aliphatic heterocycles. The molecule has 196 valence electrons. The summed E-state index contributed by atoms with van der Waals surface area (Å²) in [5.74, 6) is -1.81. The van der Waals surface area contributed by atoms with E-state index in [-0.39, 0.29) is 29.1 Å². The number of amides is 2. The number of anilines is 1. The highest BCUT2D eigenvalue weighted by atomic mass is 32.2. The highest BCUT2D eigenvalue weighted by Gasteiger charge is 2.33. The minimum Gasteiger partial charge on any atom is -0.352 e. The van der Waals surface area contributed by atoms with Crippen molar-refractivity contribution in [2.45, 2.75) is 51.2 Å². The molecule has 0 aromatic heterocycles. The van der Waals surface area contributed by atoms with Crippen LogP contribution in [0, 0.1) is 12.7 Å². The fourth-order valence-corrected chi connectivity index (χ4v) is 5.19. The van der Waals surface area contributed by atoms with Crippen LogP contribution in [0.5, 0.6) is 0 Å². The van der Waals surface area contributed by atoms with Crippen molar-refractivity contribution in [3.8, 4) is 0 Å². The van der Waals surface area contributed by atoms with Gasteiger partial charge < -0.3 is 10.2 Å². The van der Waals surface area contributed by atoms with E-state index in [2.05, 4.69) is 5.32 Å². The number of nitrogens with one attached hydrogen (secondary N) is 1. The summed E-state index contributed by atoms with van der Waals surface area (Å²) in [5.41, 5.74) is 1.36. The highest BCUT2D eigenvalue weighted by molar-refractivity contribution is 7.92. The van der Waals surface area contributed by atoms with E-state index < -0.39 is 34.3 Å². The number of carbonyl (C=O) groups is 2. The topological polar surface area (TPSA) is 86.8 Å². The van der Waals surface area contributed by atoms with Crippen LogP contribution in [0.4, 0.5) is 10.1 Å². The molecule has 1 atom stereocenters. The molecular formula is C28H32FN3O4S. The van der Waals surface area contributed by atoms with Gasteiger partial charge in [0.05, 0.1) is 10.6 Å². The van der Waals surface area contributed by atoms with Crippen LogP contribution in [0.1, 0.15) is 31.9 Å². The maximum Gasteiger partial charge on any atom is 0.264 e. The number of hydrogen-bond acceptors (Lipinski definition) is 4. The van der Waals surface area contributed by atoms with Crippen molar-refractivity contribution in [2.75, 3.05) is 10.8 Å². The first kappa shape index (κ1) is 27.9. The molecule has 2 amide bonds. The van der Waals surface area contributed by atoms with Gasteiger partial charge in [-0.25, -0.2) is 12.8 Å². The molecule has 0 spiro atoms.